The molecule has 0 bridgehead atoms. The van der Waals surface area contributed by atoms with E-state index in [0.717, 1.165) is 9.87 Å². The molecule has 176 valence electrons. The van der Waals surface area contributed by atoms with Gasteiger partial charge in [0, 0.05) is 25.5 Å². The number of anilines is 1. The van der Waals surface area contributed by atoms with Crippen LogP contribution in [0.25, 0.3) is 11.0 Å². The van der Waals surface area contributed by atoms with E-state index in [9.17, 15) is 21.6 Å². The van der Waals surface area contributed by atoms with Gasteiger partial charge in [-0.05, 0) is 54.1 Å². The Morgan fingerprint density at radius 2 is 1.38 bits per heavy atom. The minimum Gasteiger partial charge on any atom is -0.423 e. The molecule has 0 aliphatic heterocycles. The highest BCUT2D eigenvalue weighted by molar-refractivity contribution is 7.92. The maximum Gasteiger partial charge on any atom is 0.336 e. The number of sulfonamides is 2. The highest BCUT2D eigenvalue weighted by atomic mass is 32.2. The second-order valence-electron chi connectivity index (χ2n) is 7.73. The second kappa shape index (κ2) is 9.05. The minimum absolute atomic E-state index is 0.00905. The summed E-state index contributed by atoms with van der Waals surface area (Å²) in [6.45, 7) is 0.0326. The van der Waals surface area contributed by atoms with E-state index in [-0.39, 0.29) is 21.9 Å². The Morgan fingerprint density at radius 3 is 2.03 bits per heavy atom. The topological polar surface area (TPSA) is 105 Å². The predicted octanol–water partition coefficient (Wildman–Crippen LogP) is 3.44. The average Bonchev–Trinajstić information content (AvgIpc) is 2.82. The molecule has 0 radical (unpaired) electrons. The van der Waals surface area contributed by atoms with Crippen molar-refractivity contribution >= 4 is 36.7 Å². The molecule has 8 nitrogen and oxygen atoms in total. The minimum atomic E-state index is -4.06. The zero-order valence-electron chi connectivity index (χ0n) is 18.5. The van der Waals surface area contributed by atoms with E-state index in [1.54, 1.807) is 0 Å². The van der Waals surface area contributed by atoms with Crippen LogP contribution < -0.4 is 9.93 Å². The first-order chi connectivity index (χ1) is 16.1. The molecule has 1 heterocycles. The summed E-state index contributed by atoms with van der Waals surface area (Å²) in [5.74, 6) is 0. The van der Waals surface area contributed by atoms with Crippen molar-refractivity contribution in [1.82, 2.24) is 4.31 Å². The van der Waals surface area contributed by atoms with Gasteiger partial charge in [0.25, 0.3) is 10.0 Å². The van der Waals surface area contributed by atoms with E-state index in [4.69, 9.17) is 4.42 Å². The van der Waals surface area contributed by atoms with Crippen LogP contribution in [0.3, 0.4) is 0 Å². The molecule has 0 unspecified atom stereocenters. The first-order valence-electron chi connectivity index (χ1n) is 10.2. The number of hydrogen-bond donors (Lipinski definition) is 0. The van der Waals surface area contributed by atoms with Crippen LogP contribution in [0, 0.1) is 0 Å². The summed E-state index contributed by atoms with van der Waals surface area (Å²) >= 11 is 0. The Labute approximate surface area is 197 Å². The Kier molecular flexibility index (Phi) is 6.30. The maximum absolute atomic E-state index is 13.7. The quantitative estimate of drug-likeness (QED) is 0.362. The summed E-state index contributed by atoms with van der Waals surface area (Å²) in [7, 11) is -4.87. The van der Waals surface area contributed by atoms with Gasteiger partial charge in [0.2, 0.25) is 10.0 Å². The molecule has 0 amide bonds. The van der Waals surface area contributed by atoms with Crippen LogP contribution >= 0.6 is 0 Å². The summed E-state index contributed by atoms with van der Waals surface area (Å²) in [6, 6.07) is 21.8. The van der Waals surface area contributed by atoms with Gasteiger partial charge in [-0.3, -0.25) is 4.31 Å². The normalized spacial score (nSPS) is 12.2. The molecule has 0 aliphatic carbocycles. The van der Waals surface area contributed by atoms with Gasteiger partial charge in [-0.1, -0.05) is 30.3 Å². The van der Waals surface area contributed by atoms with Crippen molar-refractivity contribution in [2.45, 2.75) is 16.3 Å². The van der Waals surface area contributed by atoms with E-state index in [1.165, 1.54) is 73.0 Å². The number of fused-ring (bicyclic) bond motifs is 1. The second-order valence-corrected chi connectivity index (χ2v) is 11.7. The number of nitrogens with zero attached hydrogens (tertiary/aromatic N) is 2. The van der Waals surface area contributed by atoms with Gasteiger partial charge in [0.1, 0.15) is 5.58 Å². The summed E-state index contributed by atoms with van der Waals surface area (Å²) in [5.41, 5.74) is 0.810. The number of benzene rings is 3. The Morgan fingerprint density at radius 1 is 0.735 bits per heavy atom. The molecule has 4 rings (SSSR count). The zero-order valence-corrected chi connectivity index (χ0v) is 20.1. The molecule has 0 saturated heterocycles. The standard InChI is InChI=1S/C24H22N2O6S2/c1-25(2)33(28,29)21-11-9-20(10-12-21)26(17-18-6-4-3-5-7-18)34(30,31)22-13-14-23-19(16-22)8-15-24(27)32-23/h3-16H,17H2,1-2H3. The molecular weight excluding hydrogens is 476 g/mol. The summed E-state index contributed by atoms with van der Waals surface area (Å²) < 4.78 is 59.8. The lowest BCUT2D eigenvalue weighted by Crippen LogP contribution is -2.30. The summed E-state index contributed by atoms with van der Waals surface area (Å²) in [4.78, 5) is 11.5. The van der Waals surface area contributed by atoms with Gasteiger partial charge in [0.05, 0.1) is 22.0 Å². The number of rotatable bonds is 7. The molecule has 0 spiro atoms. The molecule has 3 aromatic carbocycles. The molecule has 34 heavy (non-hydrogen) atoms. The monoisotopic (exact) mass is 498 g/mol. The fourth-order valence-electron chi connectivity index (χ4n) is 3.40. The third kappa shape index (κ3) is 4.60. The van der Waals surface area contributed by atoms with Crippen molar-refractivity contribution in [3.63, 3.8) is 0 Å². The van der Waals surface area contributed by atoms with Crippen molar-refractivity contribution in [2.75, 3.05) is 18.4 Å². The Balaban J connectivity index is 1.81. The molecule has 0 N–H and O–H groups in total. The maximum atomic E-state index is 13.7. The lowest BCUT2D eigenvalue weighted by molar-refractivity contribution is 0.521. The van der Waals surface area contributed by atoms with Crippen LogP contribution in [0.15, 0.2) is 104 Å². The van der Waals surface area contributed by atoms with Crippen LogP contribution in [0.1, 0.15) is 5.56 Å². The van der Waals surface area contributed by atoms with E-state index in [1.807, 2.05) is 30.3 Å². The van der Waals surface area contributed by atoms with Crippen molar-refractivity contribution in [3.8, 4) is 0 Å². The van der Waals surface area contributed by atoms with E-state index in [0.29, 0.717) is 11.1 Å². The van der Waals surface area contributed by atoms with E-state index < -0.39 is 25.7 Å². The van der Waals surface area contributed by atoms with Gasteiger partial charge in [-0.15, -0.1) is 0 Å². The SMILES string of the molecule is CN(C)S(=O)(=O)c1ccc(N(Cc2ccccc2)S(=O)(=O)c2ccc3oc(=O)ccc3c2)cc1. The lowest BCUT2D eigenvalue weighted by Gasteiger charge is -2.25. The highest BCUT2D eigenvalue weighted by Gasteiger charge is 2.27. The van der Waals surface area contributed by atoms with E-state index >= 15 is 0 Å². The number of hydrogen-bond acceptors (Lipinski definition) is 6. The van der Waals surface area contributed by atoms with Gasteiger partial charge < -0.3 is 4.42 Å². The molecule has 0 aliphatic rings. The molecule has 4 aromatic rings. The molecule has 10 heteroatoms. The first kappa shape index (κ1) is 23.7. The molecule has 0 atom stereocenters. The van der Waals surface area contributed by atoms with Gasteiger partial charge >= 0.3 is 5.63 Å². The van der Waals surface area contributed by atoms with Crippen LogP contribution in [0.5, 0.6) is 0 Å². The van der Waals surface area contributed by atoms with E-state index in [2.05, 4.69) is 0 Å². The fourth-order valence-corrected chi connectivity index (χ4v) is 5.79. The third-order valence-electron chi connectivity index (χ3n) is 5.25. The van der Waals surface area contributed by atoms with Crippen molar-refractivity contribution in [3.05, 3.63) is 101 Å². The first-order valence-corrected chi connectivity index (χ1v) is 13.1. The van der Waals surface area contributed by atoms with Gasteiger partial charge in [-0.2, -0.15) is 0 Å². The summed E-state index contributed by atoms with van der Waals surface area (Å²) in [5, 5.41) is 0.466. The Bertz CT molecular complexity index is 1600. The lowest BCUT2D eigenvalue weighted by atomic mass is 10.2. The van der Waals surface area contributed by atoms with Crippen LogP contribution in [0.4, 0.5) is 5.69 Å². The molecule has 0 saturated carbocycles. The van der Waals surface area contributed by atoms with Crippen LogP contribution in [0.2, 0.25) is 0 Å². The van der Waals surface area contributed by atoms with Crippen molar-refractivity contribution in [1.29, 1.82) is 0 Å². The molecule has 1 aromatic heterocycles. The largest absolute Gasteiger partial charge is 0.423 e. The fraction of sp³-hybridized carbons (Fsp3) is 0.125. The average molecular weight is 499 g/mol. The zero-order chi connectivity index (χ0) is 24.5. The van der Waals surface area contributed by atoms with Gasteiger partial charge in [-0.25, -0.2) is 25.9 Å². The highest BCUT2D eigenvalue weighted by Crippen LogP contribution is 2.29. The van der Waals surface area contributed by atoms with Crippen molar-refractivity contribution in [2.24, 2.45) is 0 Å². The molecule has 0 fully saturated rings. The smallest absolute Gasteiger partial charge is 0.336 e. The third-order valence-corrected chi connectivity index (χ3v) is 8.85. The van der Waals surface area contributed by atoms with Crippen molar-refractivity contribution < 1.29 is 21.3 Å². The Hall–Kier alpha value is -3.47. The predicted molar refractivity (Wildman–Crippen MR) is 130 cm³/mol. The van der Waals surface area contributed by atoms with Crippen LogP contribution in [-0.2, 0) is 26.6 Å². The van der Waals surface area contributed by atoms with Gasteiger partial charge in [0.15, 0.2) is 0 Å². The molecular formula is C24H22N2O6S2. The summed E-state index contributed by atoms with van der Waals surface area (Å²) in [6.07, 6.45) is 0. The van der Waals surface area contributed by atoms with Crippen LogP contribution in [-0.4, -0.2) is 35.2 Å².